The van der Waals surface area contributed by atoms with E-state index in [9.17, 15) is 10.2 Å². The van der Waals surface area contributed by atoms with Crippen LogP contribution in [0.3, 0.4) is 0 Å². The van der Waals surface area contributed by atoms with Gasteiger partial charge in [0.1, 0.15) is 0 Å². The van der Waals surface area contributed by atoms with Crippen molar-refractivity contribution in [3.05, 3.63) is 48.2 Å². The molecule has 0 amide bonds. The van der Waals surface area contributed by atoms with Crippen LogP contribution in [0.2, 0.25) is 0 Å². The largest absolute Gasteiger partial charge is 0.481 e. The number of aliphatic hydroxyl groups is 2. The minimum atomic E-state index is -0.519. The number of methoxy groups -OCH3 is 1. The molecule has 0 unspecified atom stereocenters. The Balaban J connectivity index is 1.63. The maximum absolute atomic E-state index is 10.8. The van der Waals surface area contributed by atoms with Crippen molar-refractivity contribution in [3.8, 4) is 5.88 Å². The Kier molecular flexibility index (Phi) is 3.66. The molecule has 24 heavy (non-hydrogen) atoms. The Morgan fingerprint density at radius 1 is 1.29 bits per heavy atom. The van der Waals surface area contributed by atoms with Crippen LogP contribution in [0.5, 0.6) is 5.88 Å². The average molecular weight is 327 g/mol. The molecule has 126 valence electrons. The predicted octanol–water partition coefficient (Wildman–Crippen LogP) is 1.06. The summed E-state index contributed by atoms with van der Waals surface area (Å²) in [4.78, 5) is 10.7. The Labute approximate surface area is 140 Å². The van der Waals surface area contributed by atoms with E-state index < -0.39 is 6.10 Å². The molecule has 6 heteroatoms. The van der Waals surface area contributed by atoms with Crippen LogP contribution in [0.1, 0.15) is 11.5 Å². The first-order valence-corrected chi connectivity index (χ1v) is 8.16. The van der Waals surface area contributed by atoms with Crippen molar-refractivity contribution in [1.82, 2.24) is 9.97 Å². The zero-order valence-corrected chi connectivity index (χ0v) is 13.5. The van der Waals surface area contributed by atoms with Crippen LogP contribution in [0.25, 0.3) is 0 Å². The monoisotopic (exact) mass is 327 g/mol. The van der Waals surface area contributed by atoms with E-state index in [0.29, 0.717) is 24.9 Å². The number of benzene rings is 1. The van der Waals surface area contributed by atoms with E-state index in [1.807, 2.05) is 23.1 Å². The highest BCUT2D eigenvalue weighted by atomic mass is 16.5. The lowest BCUT2D eigenvalue weighted by Gasteiger charge is -2.16. The van der Waals surface area contributed by atoms with Gasteiger partial charge in [-0.15, -0.1) is 0 Å². The third-order valence-electron chi connectivity index (χ3n) is 5.51. The summed E-state index contributed by atoms with van der Waals surface area (Å²) in [6, 6.07) is 11.8. The smallest absolute Gasteiger partial charge is 0.228 e. The van der Waals surface area contributed by atoms with Gasteiger partial charge in [0.05, 0.1) is 13.2 Å². The second-order valence-electron chi connectivity index (χ2n) is 6.59. The van der Waals surface area contributed by atoms with Gasteiger partial charge in [0, 0.05) is 37.4 Å². The summed E-state index contributed by atoms with van der Waals surface area (Å²) < 4.78 is 5.16. The molecule has 2 aromatic rings. The molecule has 4 atom stereocenters. The van der Waals surface area contributed by atoms with Crippen molar-refractivity contribution in [2.75, 3.05) is 31.7 Å². The first-order chi connectivity index (χ1) is 11.7. The molecule has 1 aliphatic heterocycles. The van der Waals surface area contributed by atoms with Gasteiger partial charge in [-0.1, -0.05) is 30.3 Å². The summed E-state index contributed by atoms with van der Waals surface area (Å²) in [6.45, 7) is 1.17. The third-order valence-corrected chi connectivity index (χ3v) is 5.51. The number of aliphatic hydroxyl groups excluding tert-OH is 2. The maximum Gasteiger partial charge on any atom is 0.228 e. The quantitative estimate of drug-likeness (QED) is 0.874. The minimum absolute atomic E-state index is 0.0607. The molecule has 2 N–H and O–H groups in total. The Morgan fingerprint density at radius 2 is 2.08 bits per heavy atom. The molecular formula is C18H21N3O3. The normalized spacial score (nSPS) is 31.5. The molecule has 1 saturated heterocycles. The molecule has 2 aliphatic rings. The summed E-state index contributed by atoms with van der Waals surface area (Å²) in [6.07, 6.45) is 1.14. The van der Waals surface area contributed by atoms with Crippen molar-refractivity contribution in [3.63, 3.8) is 0 Å². The SMILES string of the molecule is COc1ccnc(N2C[C@@H](O)[C@@]3(C2)[C@H](CO)[C@H]3c2ccccc2)n1. The highest BCUT2D eigenvalue weighted by Gasteiger charge is 2.71. The Hall–Kier alpha value is -2.18. The van der Waals surface area contributed by atoms with Crippen molar-refractivity contribution in [1.29, 1.82) is 0 Å². The zero-order chi connectivity index (χ0) is 16.7. The fourth-order valence-electron chi connectivity index (χ4n) is 4.32. The van der Waals surface area contributed by atoms with Crippen molar-refractivity contribution >= 4 is 5.95 Å². The van der Waals surface area contributed by atoms with Crippen LogP contribution in [0.4, 0.5) is 5.95 Å². The fraction of sp³-hybridized carbons (Fsp3) is 0.444. The van der Waals surface area contributed by atoms with Crippen molar-refractivity contribution in [2.24, 2.45) is 11.3 Å². The molecule has 0 radical (unpaired) electrons. The van der Waals surface area contributed by atoms with Crippen LogP contribution < -0.4 is 9.64 Å². The lowest BCUT2D eigenvalue weighted by molar-refractivity contribution is 0.113. The second kappa shape index (κ2) is 5.72. The Bertz CT molecular complexity index is 726. The lowest BCUT2D eigenvalue weighted by atomic mass is 9.95. The van der Waals surface area contributed by atoms with Crippen LogP contribution in [0, 0.1) is 11.3 Å². The molecule has 2 heterocycles. The van der Waals surface area contributed by atoms with Gasteiger partial charge < -0.3 is 19.8 Å². The number of aromatic nitrogens is 2. The number of anilines is 1. The van der Waals surface area contributed by atoms with Crippen molar-refractivity contribution < 1.29 is 14.9 Å². The molecular weight excluding hydrogens is 306 g/mol. The summed E-state index contributed by atoms with van der Waals surface area (Å²) >= 11 is 0. The molecule has 6 nitrogen and oxygen atoms in total. The highest BCUT2D eigenvalue weighted by molar-refractivity contribution is 5.44. The van der Waals surface area contributed by atoms with Gasteiger partial charge in [-0.2, -0.15) is 4.98 Å². The minimum Gasteiger partial charge on any atom is -0.481 e. The predicted molar refractivity (Wildman–Crippen MR) is 89.0 cm³/mol. The molecule has 1 aliphatic carbocycles. The number of β-amino-alcohol motifs (C(OH)–C–C–N with tert-alkyl or cyclic N) is 1. The molecule has 0 bridgehead atoms. The molecule has 1 aromatic heterocycles. The first-order valence-electron chi connectivity index (χ1n) is 8.16. The first kappa shape index (κ1) is 15.4. The maximum atomic E-state index is 10.8. The van der Waals surface area contributed by atoms with E-state index in [4.69, 9.17) is 4.74 Å². The molecule has 1 spiro atoms. The summed E-state index contributed by atoms with van der Waals surface area (Å²) in [5, 5.41) is 20.6. The Morgan fingerprint density at radius 3 is 2.79 bits per heavy atom. The van der Waals surface area contributed by atoms with Crippen LogP contribution in [0.15, 0.2) is 42.6 Å². The standard InChI is InChI=1S/C18H21N3O3/c1-24-15-7-8-19-17(20-15)21-9-14(23)18(11-21)13(10-22)16(18)12-5-3-2-4-6-12/h2-8,13-14,16,22-23H,9-11H2,1H3/t13-,14-,16-,18-/m1/s1. The number of rotatable bonds is 4. The second-order valence-corrected chi connectivity index (χ2v) is 6.59. The zero-order valence-electron chi connectivity index (χ0n) is 13.5. The summed E-state index contributed by atoms with van der Waals surface area (Å²) in [5.74, 6) is 1.28. The summed E-state index contributed by atoms with van der Waals surface area (Å²) in [7, 11) is 1.57. The van der Waals surface area contributed by atoms with Gasteiger partial charge in [-0.3, -0.25) is 0 Å². The van der Waals surface area contributed by atoms with Crippen molar-refractivity contribution in [2.45, 2.75) is 12.0 Å². The van der Waals surface area contributed by atoms with Gasteiger partial charge >= 0.3 is 0 Å². The summed E-state index contributed by atoms with van der Waals surface area (Å²) in [5.41, 5.74) is 0.840. The van der Waals surface area contributed by atoms with Gasteiger partial charge in [0.25, 0.3) is 0 Å². The lowest BCUT2D eigenvalue weighted by Crippen LogP contribution is -2.23. The molecule has 4 rings (SSSR count). The number of hydrogen-bond donors (Lipinski definition) is 2. The molecule has 1 saturated carbocycles. The van der Waals surface area contributed by atoms with Crippen LogP contribution in [-0.2, 0) is 0 Å². The fourth-order valence-corrected chi connectivity index (χ4v) is 4.32. The number of hydrogen-bond acceptors (Lipinski definition) is 6. The number of nitrogens with zero attached hydrogens (tertiary/aromatic N) is 3. The van der Waals surface area contributed by atoms with Crippen LogP contribution in [-0.4, -0.2) is 53.1 Å². The van der Waals surface area contributed by atoms with Gasteiger partial charge in [-0.05, 0) is 17.4 Å². The highest BCUT2D eigenvalue weighted by Crippen LogP contribution is 2.68. The van der Waals surface area contributed by atoms with E-state index in [2.05, 4.69) is 22.1 Å². The van der Waals surface area contributed by atoms with E-state index in [1.54, 1.807) is 19.4 Å². The van der Waals surface area contributed by atoms with E-state index >= 15 is 0 Å². The van der Waals surface area contributed by atoms with Gasteiger partial charge in [-0.25, -0.2) is 4.98 Å². The topological polar surface area (TPSA) is 78.7 Å². The molecule has 1 aromatic carbocycles. The molecule has 2 fully saturated rings. The van der Waals surface area contributed by atoms with E-state index in [1.165, 1.54) is 5.56 Å². The van der Waals surface area contributed by atoms with E-state index in [0.717, 1.165) is 0 Å². The number of ether oxygens (including phenoxy) is 1. The van der Waals surface area contributed by atoms with Gasteiger partial charge in [0.15, 0.2) is 0 Å². The van der Waals surface area contributed by atoms with Crippen LogP contribution >= 0.6 is 0 Å². The third kappa shape index (κ3) is 2.17. The van der Waals surface area contributed by atoms with E-state index in [-0.39, 0.29) is 23.9 Å². The van der Waals surface area contributed by atoms with Gasteiger partial charge in [0.2, 0.25) is 11.8 Å². The average Bonchev–Trinajstić information content (AvgIpc) is 3.17.